The van der Waals surface area contributed by atoms with E-state index in [9.17, 15) is 23.3 Å². The van der Waals surface area contributed by atoms with Gasteiger partial charge in [-0.25, -0.2) is 8.42 Å². The number of nitro benzene ring substituents is 1. The van der Waals surface area contributed by atoms with Gasteiger partial charge in [0, 0.05) is 38.8 Å². The van der Waals surface area contributed by atoms with Gasteiger partial charge in [-0.3, -0.25) is 14.9 Å². The summed E-state index contributed by atoms with van der Waals surface area (Å²) in [6, 6.07) is 8.57. The first-order valence-electron chi connectivity index (χ1n) is 10.1. The molecule has 1 N–H and O–H groups in total. The molecule has 0 spiro atoms. The molecular formula is C21H26N4O7S. The summed E-state index contributed by atoms with van der Waals surface area (Å²) in [5, 5.41) is 14.0. The van der Waals surface area contributed by atoms with Crippen molar-refractivity contribution < 1.29 is 27.6 Å². The smallest absolute Gasteiger partial charge is 0.286 e. The van der Waals surface area contributed by atoms with Gasteiger partial charge >= 0.3 is 0 Å². The van der Waals surface area contributed by atoms with E-state index in [1.165, 1.54) is 36.7 Å². The number of piperazine rings is 1. The fourth-order valence-electron chi connectivity index (χ4n) is 3.44. The van der Waals surface area contributed by atoms with Crippen molar-refractivity contribution in [2.75, 3.05) is 47.4 Å². The van der Waals surface area contributed by atoms with Crippen LogP contribution >= 0.6 is 0 Å². The van der Waals surface area contributed by atoms with Crippen molar-refractivity contribution in [1.82, 2.24) is 14.5 Å². The first-order valence-corrected chi connectivity index (χ1v) is 11.6. The summed E-state index contributed by atoms with van der Waals surface area (Å²) in [6.07, 6.45) is 0. The monoisotopic (exact) mass is 478 g/mol. The van der Waals surface area contributed by atoms with Crippen molar-refractivity contribution in [3.63, 3.8) is 0 Å². The number of sulfonamides is 1. The highest BCUT2D eigenvalue weighted by molar-refractivity contribution is 7.89. The third-order valence-electron chi connectivity index (χ3n) is 5.42. The van der Waals surface area contributed by atoms with E-state index in [4.69, 9.17) is 9.47 Å². The first kappa shape index (κ1) is 24.4. The number of hydrogen-bond acceptors (Lipinski definition) is 8. The van der Waals surface area contributed by atoms with Gasteiger partial charge in [0.1, 0.15) is 5.56 Å². The van der Waals surface area contributed by atoms with E-state index < -0.39 is 26.5 Å². The van der Waals surface area contributed by atoms with Crippen molar-refractivity contribution in [3.05, 3.63) is 57.6 Å². The minimum atomic E-state index is -3.59. The van der Waals surface area contributed by atoms with Crippen molar-refractivity contribution in [3.8, 4) is 11.5 Å². The molecule has 12 heteroatoms. The highest BCUT2D eigenvalue weighted by atomic mass is 32.2. The number of likely N-dealkylation sites (N-methyl/N-ethyl adjacent to an activating group) is 1. The molecule has 2 aromatic rings. The SMILES string of the molecule is COc1cc(C(=O)NCc2ccc(S(=O)(=O)N3CCN(C)CC3)cc2)c([N+](=O)[O-])cc1OC. The molecule has 178 valence electrons. The van der Waals surface area contributed by atoms with Crippen LogP contribution in [0.3, 0.4) is 0 Å². The minimum absolute atomic E-state index is 0.0547. The molecular weight excluding hydrogens is 452 g/mol. The van der Waals surface area contributed by atoms with E-state index in [1.54, 1.807) is 12.1 Å². The molecule has 0 aromatic heterocycles. The summed E-state index contributed by atoms with van der Waals surface area (Å²) < 4.78 is 37.3. The van der Waals surface area contributed by atoms with Gasteiger partial charge in [0.05, 0.1) is 30.1 Å². The second kappa shape index (κ2) is 10.1. The Morgan fingerprint density at radius 2 is 1.64 bits per heavy atom. The molecule has 0 bridgehead atoms. The number of ether oxygens (including phenoxy) is 2. The molecule has 0 saturated carbocycles. The maximum Gasteiger partial charge on any atom is 0.286 e. The van der Waals surface area contributed by atoms with Crippen LogP contribution in [0.25, 0.3) is 0 Å². The molecule has 1 fully saturated rings. The Labute approximate surface area is 192 Å². The fourth-order valence-corrected chi connectivity index (χ4v) is 4.86. The van der Waals surface area contributed by atoms with Gasteiger partial charge in [0.15, 0.2) is 11.5 Å². The Bertz CT molecular complexity index is 1130. The number of carbonyl (C=O) groups excluding carboxylic acids is 1. The van der Waals surface area contributed by atoms with Crippen LogP contribution in [0, 0.1) is 10.1 Å². The molecule has 1 saturated heterocycles. The van der Waals surface area contributed by atoms with Crippen LogP contribution in [0.2, 0.25) is 0 Å². The molecule has 0 aliphatic carbocycles. The number of nitrogens with one attached hydrogen (secondary N) is 1. The van der Waals surface area contributed by atoms with E-state index in [0.717, 1.165) is 6.07 Å². The van der Waals surface area contributed by atoms with Crippen molar-refractivity contribution in [2.24, 2.45) is 0 Å². The van der Waals surface area contributed by atoms with Crippen LogP contribution in [-0.4, -0.2) is 75.9 Å². The van der Waals surface area contributed by atoms with E-state index in [1.807, 2.05) is 7.05 Å². The lowest BCUT2D eigenvalue weighted by molar-refractivity contribution is -0.385. The molecule has 0 radical (unpaired) electrons. The van der Waals surface area contributed by atoms with E-state index >= 15 is 0 Å². The van der Waals surface area contributed by atoms with Crippen LogP contribution in [0.5, 0.6) is 11.5 Å². The van der Waals surface area contributed by atoms with Crippen LogP contribution in [0.1, 0.15) is 15.9 Å². The number of nitrogens with zero attached hydrogens (tertiary/aromatic N) is 3. The summed E-state index contributed by atoms with van der Waals surface area (Å²) >= 11 is 0. The molecule has 33 heavy (non-hydrogen) atoms. The Kier molecular flexibility index (Phi) is 7.51. The summed E-state index contributed by atoms with van der Waals surface area (Å²) in [5.41, 5.74) is 0.0505. The quantitative estimate of drug-likeness (QED) is 0.446. The van der Waals surface area contributed by atoms with Gasteiger partial charge in [-0.2, -0.15) is 4.31 Å². The number of amides is 1. The third kappa shape index (κ3) is 5.41. The zero-order valence-electron chi connectivity index (χ0n) is 18.6. The third-order valence-corrected chi connectivity index (χ3v) is 7.33. The summed E-state index contributed by atoms with van der Waals surface area (Å²) in [6.45, 7) is 2.26. The van der Waals surface area contributed by atoms with E-state index in [2.05, 4.69) is 10.2 Å². The molecule has 3 rings (SSSR count). The topological polar surface area (TPSA) is 131 Å². The summed E-state index contributed by atoms with van der Waals surface area (Å²) in [4.78, 5) is 25.6. The summed E-state index contributed by atoms with van der Waals surface area (Å²) in [7, 11) is 1.07. The van der Waals surface area contributed by atoms with Crippen molar-refractivity contribution in [2.45, 2.75) is 11.4 Å². The summed E-state index contributed by atoms with van der Waals surface area (Å²) in [5.74, 6) is -0.346. The number of rotatable bonds is 8. The predicted octanol–water partition coefficient (Wildman–Crippen LogP) is 1.48. The highest BCUT2D eigenvalue weighted by Crippen LogP contribution is 2.34. The number of nitro groups is 1. The van der Waals surface area contributed by atoms with Gasteiger partial charge in [-0.1, -0.05) is 12.1 Å². The van der Waals surface area contributed by atoms with Crippen molar-refractivity contribution in [1.29, 1.82) is 0 Å². The Balaban J connectivity index is 1.72. The van der Waals surface area contributed by atoms with Gasteiger partial charge in [-0.15, -0.1) is 0 Å². The molecule has 0 unspecified atom stereocenters. The average Bonchev–Trinajstić information content (AvgIpc) is 2.82. The number of benzene rings is 2. The van der Waals surface area contributed by atoms with Crippen LogP contribution in [0.4, 0.5) is 5.69 Å². The molecule has 1 aliphatic rings. The van der Waals surface area contributed by atoms with Gasteiger partial charge in [0.2, 0.25) is 10.0 Å². The highest BCUT2D eigenvalue weighted by Gasteiger charge is 2.27. The van der Waals surface area contributed by atoms with Crippen LogP contribution < -0.4 is 14.8 Å². The minimum Gasteiger partial charge on any atom is -0.493 e. The van der Waals surface area contributed by atoms with Crippen molar-refractivity contribution >= 4 is 21.6 Å². The number of hydrogen-bond donors (Lipinski definition) is 1. The molecule has 1 amide bonds. The molecule has 1 heterocycles. The average molecular weight is 479 g/mol. The second-order valence-corrected chi connectivity index (χ2v) is 9.45. The van der Waals surface area contributed by atoms with E-state index in [0.29, 0.717) is 31.7 Å². The lowest BCUT2D eigenvalue weighted by atomic mass is 10.1. The first-order chi connectivity index (χ1) is 15.7. The number of methoxy groups -OCH3 is 2. The lowest BCUT2D eigenvalue weighted by Crippen LogP contribution is -2.47. The van der Waals surface area contributed by atoms with Crippen LogP contribution in [0.15, 0.2) is 41.3 Å². The zero-order valence-corrected chi connectivity index (χ0v) is 19.4. The maximum absolute atomic E-state index is 12.8. The maximum atomic E-state index is 12.8. The van der Waals surface area contributed by atoms with Crippen LogP contribution in [-0.2, 0) is 16.6 Å². The van der Waals surface area contributed by atoms with E-state index in [-0.39, 0.29) is 28.5 Å². The Morgan fingerprint density at radius 1 is 1.06 bits per heavy atom. The molecule has 0 atom stereocenters. The largest absolute Gasteiger partial charge is 0.493 e. The molecule has 1 aliphatic heterocycles. The molecule has 11 nitrogen and oxygen atoms in total. The molecule has 2 aromatic carbocycles. The standard InChI is InChI=1S/C21H26N4O7S/c1-23-8-10-24(11-9-23)33(29,30)16-6-4-15(5-7-16)14-22-21(26)17-12-19(31-2)20(32-3)13-18(17)25(27)28/h4-7,12-13H,8-11,14H2,1-3H3,(H,22,26). The fraction of sp³-hybridized carbons (Fsp3) is 0.381. The van der Waals surface area contributed by atoms with Gasteiger partial charge in [0.25, 0.3) is 11.6 Å². The predicted molar refractivity (Wildman–Crippen MR) is 120 cm³/mol. The Morgan fingerprint density at radius 3 is 2.18 bits per heavy atom. The van der Waals surface area contributed by atoms with Gasteiger partial charge in [-0.05, 0) is 24.7 Å². The normalized spacial score (nSPS) is 15.1. The zero-order chi connectivity index (χ0) is 24.2. The number of carbonyl (C=O) groups is 1. The van der Waals surface area contributed by atoms with Gasteiger partial charge < -0.3 is 19.7 Å². The second-order valence-electron chi connectivity index (χ2n) is 7.52. The Hall–Kier alpha value is -3.22. The lowest BCUT2D eigenvalue weighted by Gasteiger charge is -2.31.